The number of halogens is 1. The van der Waals surface area contributed by atoms with E-state index in [4.69, 9.17) is 11.6 Å². The third-order valence-corrected chi connectivity index (χ3v) is 3.78. The summed E-state index contributed by atoms with van der Waals surface area (Å²) in [5, 5.41) is 4.47. The number of hydrogen-bond acceptors (Lipinski definition) is 2. The Kier molecular flexibility index (Phi) is 5.16. The van der Waals surface area contributed by atoms with Crippen molar-refractivity contribution >= 4 is 11.6 Å². The monoisotopic (exact) mass is 288 g/mol. The van der Waals surface area contributed by atoms with Gasteiger partial charge in [-0.1, -0.05) is 37.6 Å². The van der Waals surface area contributed by atoms with Crippen molar-refractivity contribution in [3.8, 4) is 0 Å². The number of rotatable bonds is 5. The van der Waals surface area contributed by atoms with Gasteiger partial charge in [0.25, 0.3) is 0 Å². The fraction of sp³-hybridized carbons (Fsp3) is 0.353. The van der Waals surface area contributed by atoms with E-state index in [1.807, 2.05) is 24.5 Å². The summed E-state index contributed by atoms with van der Waals surface area (Å²) in [6.07, 6.45) is 3.67. The average Bonchev–Trinajstić information content (AvgIpc) is 2.46. The van der Waals surface area contributed by atoms with Crippen molar-refractivity contribution in [2.24, 2.45) is 5.92 Å². The minimum Gasteiger partial charge on any atom is -0.303 e. The Morgan fingerprint density at radius 1 is 0.900 bits per heavy atom. The van der Waals surface area contributed by atoms with Crippen LogP contribution >= 0.6 is 11.6 Å². The smallest absolute Gasteiger partial charge is 0.0406 e. The Labute approximate surface area is 126 Å². The molecule has 2 unspecified atom stereocenters. The first-order chi connectivity index (χ1) is 9.58. The molecule has 1 N–H and O–H groups in total. The van der Waals surface area contributed by atoms with Gasteiger partial charge in [-0.05, 0) is 48.2 Å². The molecule has 0 saturated heterocycles. The van der Waals surface area contributed by atoms with Crippen LogP contribution in [0.15, 0.2) is 48.8 Å². The molecule has 1 aromatic carbocycles. The van der Waals surface area contributed by atoms with Gasteiger partial charge in [0.15, 0.2) is 0 Å². The SMILES string of the molecule is CC(NC(c1ccc(Cl)cc1)C(C)C)c1ccncc1. The maximum atomic E-state index is 5.97. The Balaban J connectivity index is 2.16. The molecular weight excluding hydrogens is 268 g/mol. The number of pyridine rings is 1. The second kappa shape index (κ2) is 6.87. The lowest BCUT2D eigenvalue weighted by molar-refractivity contribution is 0.374. The molecule has 106 valence electrons. The number of nitrogens with one attached hydrogen (secondary N) is 1. The Morgan fingerprint density at radius 2 is 1.50 bits per heavy atom. The molecule has 20 heavy (non-hydrogen) atoms. The first-order valence-corrected chi connectivity index (χ1v) is 7.37. The lowest BCUT2D eigenvalue weighted by Crippen LogP contribution is -2.28. The molecule has 2 atom stereocenters. The van der Waals surface area contributed by atoms with Gasteiger partial charge < -0.3 is 5.32 Å². The van der Waals surface area contributed by atoms with Crippen LogP contribution in [-0.2, 0) is 0 Å². The van der Waals surface area contributed by atoms with Gasteiger partial charge in [0.2, 0.25) is 0 Å². The Morgan fingerprint density at radius 3 is 2.05 bits per heavy atom. The maximum absolute atomic E-state index is 5.97. The van der Waals surface area contributed by atoms with Crippen molar-refractivity contribution in [1.82, 2.24) is 10.3 Å². The minimum absolute atomic E-state index is 0.279. The second-order valence-corrected chi connectivity index (χ2v) is 5.88. The normalized spacial score (nSPS) is 14.2. The summed E-state index contributed by atoms with van der Waals surface area (Å²) in [7, 11) is 0. The Hall–Kier alpha value is -1.38. The quantitative estimate of drug-likeness (QED) is 0.856. The standard InChI is InChI=1S/C17H21ClN2/c1-12(2)17(15-4-6-16(18)7-5-15)20-13(3)14-8-10-19-11-9-14/h4-13,17,20H,1-3H3. The van der Waals surface area contributed by atoms with E-state index in [1.165, 1.54) is 11.1 Å². The molecule has 0 radical (unpaired) electrons. The van der Waals surface area contributed by atoms with Gasteiger partial charge in [-0.25, -0.2) is 0 Å². The molecule has 3 heteroatoms. The van der Waals surface area contributed by atoms with Crippen LogP contribution < -0.4 is 5.32 Å². The first kappa shape index (κ1) is 15.0. The highest BCUT2D eigenvalue weighted by Crippen LogP contribution is 2.26. The maximum Gasteiger partial charge on any atom is 0.0406 e. The zero-order valence-electron chi connectivity index (χ0n) is 12.2. The van der Waals surface area contributed by atoms with E-state index in [9.17, 15) is 0 Å². The molecule has 0 fully saturated rings. The van der Waals surface area contributed by atoms with E-state index in [1.54, 1.807) is 0 Å². The molecule has 2 rings (SSSR count). The van der Waals surface area contributed by atoms with Crippen LogP contribution in [0.3, 0.4) is 0 Å². The zero-order valence-corrected chi connectivity index (χ0v) is 12.9. The topological polar surface area (TPSA) is 24.9 Å². The molecule has 1 heterocycles. The molecule has 0 amide bonds. The van der Waals surface area contributed by atoms with Gasteiger partial charge in [0.1, 0.15) is 0 Å². The highest BCUT2D eigenvalue weighted by atomic mass is 35.5. The van der Waals surface area contributed by atoms with Crippen LogP contribution in [0.2, 0.25) is 5.02 Å². The van der Waals surface area contributed by atoms with Gasteiger partial charge >= 0.3 is 0 Å². The van der Waals surface area contributed by atoms with Crippen molar-refractivity contribution in [2.45, 2.75) is 32.9 Å². The largest absolute Gasteiger partial charge is 0.303 e. The summed E-state index contributed by atoms with van der Waals surface area (Å²) in [6, 6.07) is 12.8. The van der Waals surface area contributed by atoms with Crippen LogP contribution in [0, 0.1) is 5.92 Å². The lowest BCUT2D eigenvalue weighted by Gasteiger charge is -2.27. The van der Waals surface area contributed by atoms with Crippen molar-refractivity contribution in [2.75, 3.05) is 0 Å². The second-order valence-electron chi connectivity index (χ2n) is 5.44. The van der Waals surface area contributed by atoms with Crippen molar-refractivity contribution in [3.05, 3.63) is 64.9 Å². The number of hydrogen-bond donors (Lipinski definition) is 1. The van der Waals surface area contributed by atoms with Gasteiger partial charge in [0.05, 0.1) is 0 Å². The molecule has 0 aliphatic carbocycles. The number of benzene rings is 1. The lowest BCUT2D eigenvalue weighted by atomic mass is 9.94. The van der Waals surface area contributed by atoms with E-state index in [0.29, 0.717) is 12.0 Å². The van der Waals surface area contributed by atoms with Gasteiger partial charge in [-0.15, -0.1) is 0 Å². The summed E-state index contributed by atoms with van der Waals surface area (Å²) < 4.78 is 0. The Bertz CT molecular complexity index is 522. The molecule has 0 aliphatic heterocycles. The number of nitrogens with zero attached hydrogens (tertiary/aromatic N) is 1. The predicted molar refractivity (Wildman–Crippen MR) is 84.8 cm³/mol. The average molecular weight is 289 g/mol. The van der Waals surface area contributed by atoms with Gasteiger partial charge in [-0.3, -0.25) is 4.98 Å². The fourth-order valence-corrected chi connectivity index (χ4v) is 2.49. The first-order valence-electron chi connectivity index (χ1n) is 6.99. The van der Waals surface area contributed by atoms with E-state index in [2.05, 4.69) is 55.3 Å². The van der Waals surface area contributed by atoms with E-state index in [0.717, 1.165) is 5.02 Å². The molecule has 2 nitrogen and oxygen atoms in total. The van der Waals surface area contributed by atoms with E-state index in [-0.39, 0.29) is 6.04 Å². The molecule has 0 saturated carbocycles. The van der Waals surface area contributed by atoms with Crippen LogP contribution in [0.25, 0.3) is 0 Å². The molecule has 0 spiro atoms. The summed E-state index contributed by atoms with van der Waals surface area (Å²) in [6.45, 7) is 6.64. The van der Waals surface area contributed by atoms with Crippen molar-refractivity contribution < 1.29 is 0 Å². The van der Waals surface area contributed by atoms with Crippen molar-refractivity contribution in [1.29, 1.82) is 0 Å². The highest BCUT2D eigenvalue weighted by molar-refractivity contribution is 6.30. The predicted octanol–water partition coefficient (Wildman–Crippen LogP) is 4.78. The molecule has 0 aliphatic rings. The van der Waals surface area contributed by atoms with Crippen molar-refractivity contribution in [3.63, 3.8) is 0 Å². The zero-order chi connectivity index (χ0) is 14.5. The van der Waals surface area contributed by atoms with Crippen LogP contribution in [0.5, 0.6) is 0 Å². The summed E-state index contributed by atoms with van der Waals surface area (Å²) in [5.74, 6) is 0.500. The van der Waals surface area contributed by atoms with Gasteiger partial charge in [-0.2, -0.15) is 0 Å². The summed E-state index contributed by atoms with van der Waals surface area (Å²) in [5.41, 5.74) is 2.52. The van der Waals surface area contributed by atoms with Crippen LogP contribution in [0.1, 0.15) is 44.0 Å². The van der Waals surface area contributed by atoms with E-state index < -0.39 is 0 Å². The molecule has 0 bridgehead atoms. The highest BCUT2D eigenvalue weighted by Gasteiger charge is 2.18. The summed E-state index contributed by atoms with van der Waals surface area (Å²) in [4.78, 5) is 4.07. The van der Waals surface area contributed by atoms with Gasteiger partial charge in [0, 0.05) is 29.5 Å². The van der Waals surface area contributed by atoms with Crippen LogP contribution in [-0.4, -0.2) is 4.98 Å². The summed E-state index contributed by atoms with van der Waals surface area (Å²) >= 11 is 5.97. The minimum atomic E-state index is 0.279. The van der Waals surface area contributed by atoms with E-state index >= 15 is 0 Å². The number of aromatic nitrogens is 1. The molecule has 2 aromatic rings. The fourth-order valence-electron chi connectivity index (χ4n) is 2.36. The van der Waals surface area contributed by atoms with Crippen LogP contribution in [0.4, 0.5) is 0 Å². The molecule has 1 aromatic heterocycles. The third kappa shape index (κ3) is 3.81. The third-order valence-electron chi connectivity index (χ3n) is 3.53. The molecular formula is C17H21ClN2.